The Labute approximate surface area is 275 Å². The van der Waals surface area contributed by atoms with E-state index in [1.54, 1.807) is 6.92 Å². The van der Waals surface area contributed by atoms with Crippen molar-refractivity contribution in [3.8, 4) is 0 Å². The lowest BCUT2D eigenvalue weighted by molar-refractivity contribution is -0.151. The number of nitrogens with one attached hydrogen (secondary N) is 3. The number of halogens is 1. The summed E-state index contributed by atoms with van der Waals surface area (Å²) in [4.78, 5) is 78.6. The number of likely N-dealkylation sites (tertiary alicyclic amines) is 1. The fraction of sp³-hybridized carbons (Fsp3) is 0.273. The first-order valence-corrected chi connectivity index (χ1v) is 15.2. The standard InChI is InChI=1S/C33H35ClN6O7/c1-3-47-33(46)27-17-23(19-40(27)29(42)14-13-28(41)36-18-21-8-5-4-6-9-21)37-30(43)20(2)39-15-7-10-26(32(39)45)38-31(44)22-11-12-25(35)24(34)16-22/h4-16,20,23,27H,3,17-19,35H2,1-2H3,(H,36,41)(H,37,43)(H,38,44)/b14-13+/t20?,23-,27+/m1/s1. The van der Waals surface area contributed by atoms with Crippen LogP contribution in [-0.2, 0) is 30.5 Å². The maximum absolute atomic E-state index is 13.3. The highest BCUT2D eigenvalue weighted by atomic mass is 35.5. The molecule has 1 aliphatic heterocycles. The molecule has 1 unspecified atom stereocenters. The smallest absolute Gasteiger partial charge is 0.328 e. The van der Waals surface area contributed by atoms with E-state index in [-0.39, 0.29) is 42.4 Å². The highest BCUT2D eigenvalue weighted by Gasteiger charge is 2.41. The third-order valence-electron chi connectivity index (χ3n) is 7.46. The van der Waals surface area contributed by atoms with E-state index in [4.69, 9.17) is 22.1 Å². The zero-order chi connectivity index (χ0) is 34.1. The molecule has 0 radical (unpaired) electrons. The van der Waals surface area contributed by atoms with Crippen molar-refractivity contribution < 1.29 is 28.7 Å². The van der Waals surface area contributed by atoms with Gasteiger partial charge in [0.15, 0.2) is 0 Å². The van der Waals surface area contributed by atoms with Gasteiger partial charge in [0.1, 0.15) is 17.8 Å². The second-order valence-corrected chi connectivity index (χ2v) is 11.1. The third-order valence-corrected chi connectivity index (χ3v) is 7.79. The molecule has 3 atom stereocenters. The van der Waals surface area contributed by atoms with Crippen LogP contribution in [0.1, 0.15) is 42.2 Å². The van der Waals surface area contributed by atoms with Crippen LogP contribution in [0.4, 0.5) is 11.4 Å². The molecule has 1 aliphatic rings. The Kier molecular flexibility index (Phi) is 11.5. The lowest BCUT2D eigenvalue weighted by atomic mass is 10.1. The topological polar surface area (TPSA) is 182 Å². The van der Waals surface area contributed by atoms with Crippen LogP contribution in [0, 0.1) is 0 Å². The van der Waals surface area contributed by atoms with Crippen molar-refractivity contribution in [2.45, 2.75) is 44.9 Å². The molecule has 47 heavy (non-hydrogen) atoms. The van der Waals surface area contributed by atoms with Crippen molar-refractivity contribution in [1.82, 2.24) is 20.1 Å². The van der Waals surface area contributed by atoms with Crippen LogP contribution < -0.4 is 27.2 Å². The summed E-state index contributed by atoms with van der Waals surface area (Å²) in [7, 11) is 0. The molecule has 0 bridgehead atoms. The molecule has 0 aliphatic carbocycles. The lowest BCUT2D eigenvalue weighted by Gasteiger charge is -2.21. The molecular weight excluding hydrogens is 628 g/mol. The Balaban J connectivity index is 1.41. The van der Waals surface area contributed by atoms with Gasteiger partial charge in [0.05, 0.1) is 17.3 Å². The van der Waals surface area contributed by atoms with E-state index in [2.05, 4.69) is 16.0 Å². The Morgan fingerprint density at radius 3 is 2.51 bits per heavy atom. The van der Waals surface area contributed by atoms with Crippen LogP contribution in [0.2, 0.25) is 5.02 Å². The van der Waals surface area contributed by atoms with E-state index < -0.39 is 53.3 Å². The van der Waals surface area contributed by atoms with Crippen LogP contribution in [0.5, 0.6) is 0 Å². The van der Waals surface area contributed by atoms with Crippen molar-refractivity contribution in [2.24, 2.45) is 0 Å². The van der Waals surface area contributed by atoms with Gasteiger partial charge in [-0.1, -0.05) is 41.9 Å². The quantitative estimate of drug-likeness (QED) is 0.137. The van der Waals surface area contributed by atoms with Gasteiger partial charge >= 0.3 is 5.97 Å². The van der Waals surface area contributed by atoms with Gasteiger partial charge in [0.25, 0.3) is 11.5 Å². The fourth-order valence-electron chi connectivity index (χ4n) is 4.95. The Bertz CT molecular complexity index is 1740. The summed E-state index contributed by atoms with van der Waals surface area (Å²) in [5.41, 5.74) is 6.37. The number of aromatic nitrogens is 1. The molecule has 5 N–H and O–H groups in total. The average molecular weight is 663 g/mol. The number of nitrogen functional groups attached to an aromatic ring is 1. The normalized spacial score (nSPS) is 16.4. The van der Waals surface area contributed by atoms with E-state index in [1.807, 2.05) is 30.3 Å². The first-order valence-electron chi connectivity index (χ1n) is 14.8. The Morgan fingerprint density at radius 1 is 1.06 bits per heavy atom. The molecule has 2 aromatic carbocycles. The first kappa shape index (κ1) is 34.4. The number of amides is 4. The summed E-state index contributed by atoms with van der Waals surface area (Å²) in [5, 5.41) is 8.20. The number of rotatable bonds is 11. The molecule has 4 amide bonds. The number of carbonyl (C=O) groups is 5. The zero-order valence-corrected chi connectivity index (χ0v) is 26.5. The third kappa shape index (κ3) is 8.85. The number of pyridine rings is 1. The molecular formula is C33H35ClN6O7. The molecule has 0 spiro atoms. The first-order chi connectivity index (χ1) is 22.5. The van der Waals surface area contributed by atoms with Crippen molar-refractivity contribution in [1.29, 1.82) is 0 Å². The van der Waals surface area contributed by atoms with Gasteiger partial charge in [-0.2, -0.15) is 0 Å². The highest BCUT2D eigenvalue weighted by molar-refractivity contribution is 6.33. The predicted molar refractivity (Wildman–Crippen MR) is 175 cm³/mol. The van der Waals surface area contributed by atoms with E-state index in [0.29, 0.717) is 5.69 Å². The van der Waals surface area contributed by atoms with Crippen molar-refractivity contribution in [3.05, 3.63) is 106 Å². The van der Waals surface area contributed by atoms with Gasteiger partial charge in [0, 0.05) is 49.5 Å². The predicted octanol–water partition coefficient (Wildman–Crippen LogP) is 2.42. The maximum Gasteiger partial charge on any atom is 0.328 e. The summed E-state index contributed by atoms with van der Waals surface area (Å²) < 4.78 is 6.30. The summed E-state index contributed by atoms with van der Waals surface area (Å²) >= 11 is 6.01. The van der Waals surface area contributed by atoms with Crippen molar-refractivity contribution >= 4 is 52.6 Å². The number of benzene rings is 2. The molecule has 14 heteroatoms. The molecule has 0 saturated carbocycles. The summed E-state index contributed by atoms with van der Waals surface area (Å²) in [6.07, 6.45) is 3.62. The number of hydrogen-bond donors (Lipinski definition) is 4. The van der Waals surface area contributed by atoms with Crippen molar-refractivity contribution in [3.63, 3.8) is 0 Å². The molecule has 1 fully saturated rings. The van der Waals surface area contributed by atoms with Gasteiger partial charge in [0.2, 0.25) is 17.7 Å². The summed E-state index contributed by atoms with van der Waals surface area (Å²) in [5.74, 6) is -2.89. The Hall–Kier alpha value is -5.43. The van der Waals surface area contributed by atoms with E-state index in [1.165, 1.54) is 48.4 Å². The second-order valence-electron chi connectivity index (χ2n) is 10.7. The number of esters is 1. The average Bonchev–Trinajstić information content (AvgIpc) is 3.49. The summed E-state index contributed by atoms with van der Waals surface area (Å²) in [6, 6.07) is 13.8. The molecule has 4 rings (SSSR count). The van der Waals surface area contributed by atoms with Crippen LogP contribution in [0.15, 0.2) is 83.8 Å². The van der Waals surface area contributed by atoms with E-state index in [0.717, 1.165) is 22.3 Å². The van der Waals surface area contributed by atoms with Crippen LogP contribution in [0.3, 0.4) is 0 Å². The molecule has 13 nitrogen and oxygen atoms in total. The monoisotopic (exact) mass is 662 g/mol. The van der Waals surface area contributed by atoms with Crippen molar-refractivity contribution in [2.75, 3.05) is 24.2 Å². The van der Waals surface area contributed by atoms with Gasteiger partial charge in [-0.3, -0.25) is 24.0 Å². The number of nitrogens with zero attached hydrogens (tertiary/aromatic N) is 2. The Morgan fingerprint density at radius 2 is 1.81 bits per heavy atom. The second kappa shape index (κ2) is 15.7. The molecule has 1 saturated heterocycles. The minimum absolute atomic E-state index is 0.0358. The minimum Gasteiger partial charge on any atom is -0.464 e. The number of hydrogen-bond acceptors (Lipinski definition) is 8. The van der Waals surface area contributed by atoms with E-state index >= 15 is 0 Å². The van der Waals surface area contributed by atoms with Gasteiger partial charge in [-0.25, -0.2) is 4.79 Å². The van der Waals surface area contributed by atoms with Gasteiger partial charge in [-0.15, -0.1) is 0 Å². The number of nitrogens with two attached hydrogens (primary N) is 1. The van der Waals surface area contributed by atoms with Crippen LogP contribution in [0.25, 0.3) is 0 Å². The largest absolute Gasteiger partial charge is 0.464 e. The van der Waals surface area contributed by atoms with Crippen LogP contribution >= 0.6 is 11.6 Å². The minimum atomic E-state index is -1.02. The number of carbonyl (C=O) groups excluding carboxylic acids is 5. The van der Waals surface area contributed by atoms with Gasteiger partial charge < -0.3 is 35.9 Å². The highest BCUT2D eigenvalue weighted by Crippen LogP contribution is 2.22. The zero-order valence-electron chi connectivity index (χ0n) is 25.8. The molecule has 2 heterocycles. The van der Waals surface area contributed by atoms with E-state index in [9.17, 15) is 28.8 Å². The SMILES string of the molecule is CCOC(=O)[C@@H]1C[C@@H](NC(=O)C(C)n2cccc(NC(=O)c3ccc(N)c(Cl)c3)c2=O)CN1C(=O)/C=C/C(=O)NCc1ccccc1. The summed E-state index contributed by atoms with van der Waals surface area (Å²) in [6.45, 7) is 3.46. The fourth-order valence-corrected chi connectivity index (χ4v) is 5.13. The molecule has 1 aromatic heterocycles. The van der Waals surface area contributed by atoms with Gasteiger partial charge in [-0.05, 0) is 49.7 Å². The maximum atomic E-state index is 13.3. The van der Waals surface area contributed by atoms with Crippen LogP contribution in [-0.4, -0.2) is 64.3 Å². The number of ether oxygens (including phenoxy) is 1. The lowest BCUT2D eigenvalue weighted by Crippen LogP contribution is -2.43. The number of anilines is 2. The molecule has 3 aromatic rings. The molecule has 246 valence electrons.